The van der Waals surface area contributed by atoms with Crippen molar-refractivity contribution >= 4 is 55.6 Å². The maximum absolute atomic E-state index is 12.8. The van der Waals surface area contributed by atoms with Gasteiger partial charge in [0.15, 0.2) is 6.61 Å². The molecule has 1 N–H and O–H groups in total. The molecule has 0 spiro atoms. The number of hydrogen-bond donors (Lipinski definition) is 1. The topological polar surface area (TPSA) is 75.0 Å². The maximum atomic E-state index is 12.8. The lowest BCUT2D eigenvalue weighted by atomic mass is 9.76. The highest BCUT2D eigenvalue weighted by Crippen LogP contribution is 2.46. The van der Waals surface area contributed by atoms with Gasteiger partial charge in [-0.2, -0.15) is 0 Å². The van der Waals surface area contributed by atoms with E-state index < -0.39 is 0 Å². The van der Waals surface area contributed by atoms with Crippen LogP contribution in [0.15, 0.2) is 62.8 Å². The van der Waals surface area contributed by atoms with Crippen LogP contribution in [0.4, 0.5) is 0 Å². The number of rotatable bonds is 5. The van der Waals surface area contributed by atoms with E-state index in [4.69, 9.17) is 21.4 Å². The van der Waals surface area contributed by atoms with Crippen LogP contribution in [0.3, 0.4) is 0 Å². The van der Waals surface area contributed by atoms with Crippen LogP contribution < -0.4 is 0 Å². The molecule has 0 saturated carbocycles. The Bertz CT molecular complexity index is 1340. The molecule has 1 amide bonds. The van der Waals surface area contributed by atoms with Crippen molar-refractivity contribution < 1.29 is 14.7 Å². The third-order valence-corrected chi connectivity index (χ3v) is 8.48. The lowest BCUT2D eigenvalue weighted by molar-refractivity contribution is -0.137. The summed E-state index contributed by atoms with van der Waals surface area (Å²) < 4.78 is 2.00. The minimum atomic E-state index is -0.135. The quantitative estimate of drug-likeness (QED) is 0.254. The number of amides is 1. The Hall–Kier alpha value is -2.42. The van der Waals surface area contributed by atoms with Gasteiger partial charge in [0.05, 0.1) is 11.9 Å². The van der Waals surface area contributed by atoms with E-state index in [1.807, 2.05) is 17.2 Å². The molecule has 3 aromatic rings. The lowest BCUT2D eigenvalue weighted by Gasteiger charge is -2.37. The van der Waals surface area contributed by atoms with E-state index in [-0.39, 0.29) is 24.2 Å². The predicted molar refractivity (Wildman–Crippen MR) is 151 cm³/mol. The molecule has 1 aliphatic carbocycles. The number of pyridine rings is 1. The van der Waals surface area contributed by atoms with Crippen LogP contribution in [0.5, 0.6) is 5.75 Å². The SMILES string of the molecule is O=C(CO/N=C/c1ccccc1O)N1CCC([C@H]2c3ncc(Br)cc3CCc3cc(Cl)cc(Br)c32)CC1. The third kappa shape index (κ3) is 5.86. The molecule has 1 aliphatic heterocycles. The Labute approximate surface area is 237 Å². The Morgan fingerprint density at radius 2 is 1.92 bits per heavy atom. The summed E-state index contributed by atoms with van der Waals surface area (Å²) in [6.07, 6.45) is 6.84. The first-order valence-electron chi connectivity index (χ1n) is 12.2. The Kier molecular flexibility index (Phi) is 8.17. The fourth-order valence-corrected chi connectivity index (χ4v) is 6.89. The summed E-state index contributed by atoms with van der Waals surface area (Å²) in [7, 11) is 0. The Balaban J connectivity index is 1.28. The standard InChI is InChI=1S/C28H26Br2ClN3O3/c29-21-11-19-6-5-18-12-22(31)13-23(30)26(18)27(28(19)32-15-21)17-7-9-34(10-8-17)25(36)16-37-33-14-20-3-1-2-4-24(20)35/h1-4,11-15,17,27,35H,5-10,16H2/b33-14+/t27-/m1/s1. The molecular weight excluding hydrogens is 622 g/mol. The second kappa shape index (κ2) is 11.5. The predicted octanol–water partition coefficient (Wildman–Crippen LogP) is 6.49. The average Bonchev–Trinajstić information content (AvgIpc) is 3.04. The second-order valence-corrected chi connectivity index (χ2v) is 11.6. The van der Waals surface area contributed by atoms with Crippen LogP contribution in [0, 0.1) is 5.92 Å². The van der Waals surface area contributed by atoms with Crippen molar-refractivity contribution in [3.05, 3.63) is 90.6 Å². The monoisotopic (exact) mass is 645 g/mol. The summed E-state index contributed by atoms with van der Waals surface area (Å²) in [6.45, 7) is 1.17. The molecule has 9 heteroatoms. The van der Waals surface area contributed by atoms with E-state index >= 15 is 0 Å². The van der Waals surface area contributed by atoms with Gasteiger partial charge < -0.3 is 14.8 Å². The molecule has 1 atom stereocenters. The zero-order chi connectivity index (χ0) is 25.9. The normalized spacial score (nSPS) is 17.8. The molecule has 2 aromatic carbocycles. The van der Waals surface area contributed by atoms with Gasteiger partial charge in [0.25, 0.3) is 5.91 Å². The van der Waals surface area contributed by atoms with E-state index in [0.29, 0.717) is 24.6 Å². The van der Waals surface area contributed by atoms with Crippen molar-refractivity contribution in [1.82, 2.24) is 9.88 Å². The number of likely N-dealkylation sites (tertiary alicyclic amines) is 1. The highest BCUT2D eigenvalue weighted by molar-refractivity contribution is 9.10. The van der Waals surface area contributed by atoms with Crippen LogP contribution in [-0.2, 0) is 22.5 Å². The number of benzene rings is 2. The number of oxime groups is 1. The van der Waals surface area contributed by atoms with Crippen molar-refractivity contribution in [2.24, 2.45) is 11.1 Å². The highest BCUT2D eigenvalue weighted by Gasteiger charge is 2.36. The van der Waals surface area contributed by atoms with Gasteiger partial charge in [0, 0.05) is 44.7 Å². The molecule has 0 radical (unpaired) electrons. The highest BCUT2D eigenvalue weighted by atomic mass is 79.9. The molecule has 1 saturated heterocycles. The van der Waals surface area contributed by atoms with Gasteiger partial charge in [0.1, 0.15) is 5.75 Å². The van der Waals surface area contributed by atoms with Gasteiger partial charge in [-0.1, -0.05) is 44.8 Å². The summed E-state index contributed by atoms with van der Waals surface area (Å²) in [4.78, 5) is 24.8. The summed E-state index contributed by atoms with van der Waals surface area (Å²) in [6, 6.07) is 13.1. The third-order valence-electron chi connectivity index (χ3n) is 7.17. The Morgan fingerprint density at radius 1 is 1.16 bits per heavy atom. The maximum Gasteiger partial charge on any atom is 0.263 e. The lowest BCUT2D eigenvalue weighted by Crippen LogP contribution is -2.41. The summed E-state index contributed by atoms with van der Waals surface area (Å²) in [5, 5.41) is 14.4. The van der Waals surface area contributed by atoms with Gasteiger partial charge in [0.2, 0.25) is 0 Å². The number of carbonyl (C=O) groups is 1. The van der Waals surface area contributed by atoms with E-state index in [1.54, 1.807) is 24.3 Å². The number of para-hydroxylation sites is 1. The molecule has 1 aromatic heterocycles. The van der Waals surface area contributed by atoms with Gasteiger partial charge in [-0.3, -0.25) is 9.78 Å². The first-order chi connectivity index (χ1) is 17.9. The van der Waals surface area contributed by atoms with Crippen LogP contribution in [-0.4, -0.2) is 46.8 Å². The molecule has 37 heavy (non-hydrogen) atoms. The van der Waals surface area contributed by atoms with Crippen molar-refractivity contribution in [3.8, 4) is 5.75 Å². The minimum absolute atomic E-state index is 0.0930. The second-order valence-electron chi connectivity index (χ2n) is 9.42. The van der Waals surface area contributed by atoms with Crippen LogP contribution in [0.2, 0.25) is 5.02 Å². The zero-order valence-electron chi connectivity index (χ0n) is 20.0. The number of aromatic hydroxyl groups is 1. The van der Waals surface area contributed by atoms with Crippen LogP contribution in [0.25, 0.3) is 0 Å². The first-order valence-corrected chi connectivity index (χ1v) is 14.2. The number of hydrogen-bond acceptors (Lipinski definition) is 5. The number of halogens is 3. The van der Waals surface area contributed by atoms with E-state index in [9.17, 15) is 9.90 Å². The van der Waals surface area contributed by atoms with E-state index in [2.05, 4.69) is 49.1 Å². The van der Waals surface area contributed by atoms with Crippen molar-refractivity contribution in [2.45, 2.75) is 31.6 Å². The summed E-state index contributed by atoms with van der Waals surface area (Å²) in [5.41, 5.74) is 5.44. The van der Waals surface area contributed by atoms with Crippen LogP contribution in [0.1, 0.15) is 46.7 Å². The molecule has 2 heterocycles. The number of aryl methyl sites for hydroxylation is 2. The van der Waals surface area contributed by atoms with Gasteiger partial charge in [-0.25, -0.2) is 0 Å². The summed E-state index contributed by atoms with van der Waals surface area (Å²) in [5.74, 6) is 0.486. The number of phenolic OH excluding ortho intramolecular Hbond substituents is 1. The number of phenols is 1. The number of carbonyl (C=O) groups excluding carboxylic acids is 1. The fourth-order valence-electron chi connectivity index (χ4n) is 5.39. The molecule has 0 unspecified atom stereocenters. The molecule has 6 nitrogen and oxygen atoms in total. The summed E-state index contributed by atoms with van der Waals surface area (Å²) >= 11 is 13.8. The fraction of sp³-hybridized carbons (Fsp3) is 0.321. The minimum Gasteiger partial charge on any atom is -0.507 e. The number of aromatic nitrogens is 1. The van der Waals surface area contributed by atoms with Crippen LogP contribution >= 0.6 is 43.5 Å². The average molecular weight is 648 g/mol. The number of piperidine rings is 1. The molecule has 0 bridgehead atoms. The van der Waals surface area contributed by atoms with Gasteiger partial charge >= 0.3 is 0 Å². The first kappa shape index (κ1) is 26.2. The van der Waals surface area contributed by atoms with E-state index in [0.717, 1.165) is 45.3 Å². The Morgan fingerprint density at radius 3 is 2.70 bits per heavy atom. The smallest absolute Gasteiger partial charge is 0.263 e. The molecule has 5 rings (SSSR count). The number of fused-ring (bicyclic) bond motifs is 2. The largest absolute Gasteiger partial charge is 0.507 e. The molecular formula is C28H26Br2ClN3O3. The number of nitrogens with zero attached hydrogens (tertiary/aromatic N) is 3. The van der Waals surface area contributed by atoms with Gasteiger partial charge in [-0.15, -0.1) is 0 Å². The van der Waals surface area contributed by atoms with Crippen molar-refractivity contribution in [1.29, 1.82) is 0 Å². The van der Waals surface area contributed by atoms with Crippen molar-refractivity contribution in [3.63, 3.8) is 0 Å². The van der Waals surface area contributed by atoms with E-state index in [1.165, 1.54) is 22.9 Å². The molecule has 2 aliphatic rings. The molecule has 192 valence electrons. The zero-order valence-corrected chi connectivity index (χ0v) is 24.0. The van der Waals surface area contributed by atoms with Crippen molar-refractivity contribution in [2.75, 3.05) is 19.7 Å². The molecule has 1 fully saturated rings. The van der Waals surface area contributed by atoms with Gasteiger partial charge in [-0.05, 0) is 94.6 Å².